The summed E-state index contributed by atoms with van der Waals surface area (Å²) in [6.45, 7) is 8.83. The fourth-order valence-corrected chi connectivity index (χ4v) is 4.31. The van der Waals surface area contributed by atoms with Gasteiger partial charge in [0.1, 0.15) is 5.82 Å². The standard InChI is InChI=1S/C22H27N5O/c1-2-21(27-7-5-23-6-8-27)25-15-19(1)22-20-14-17(13-18(20)3-4-24-22)16-26-9-11-28-12-10-26/h1-4,14-15,23H,5-13,16H2. The molecule has 5 rings (SSSR count). The molecule has 2 aliphatic heterocycles. The van der Waals surface area contributed by atoms with Gasteiger partial charge in [-0.2, -0.15) is 0 Å². The van der Waals surface area contributed by atoms with Crippen LogP contribution >= 0.6 is 0 Å². The molecule has 4 heterocycles. The van der Waals surface area contributed by atoms with Crippen molar-refractivity contribution in [1.82, 2.24) is 20.2 Å². The SMILES string of the molecule is C1=C(CN2CCOCC2)Cc2ccnc(-c3ccc(N4CCNCC4)nc3)c21. The minimum Gasteiger partial charge on any atom is -0.379 e. The third-order valence-electron chi connectivity index (χ3n) is 5.84. The Labute approximate surface area is 166 Å². The summed E-state index contributed by atoms with van der Waals surface area (Å²) in [5.41, 5.74) is 6.26. The molecular weight excluding hydrogens is 350 g/mol. The minimum absolute atomic E-state index is 0.845. The molecule has 1 aliphatic carbocycles. The Balaban J connectivity index is 1.36. The lowest BCUT2D eigenvalue weighted by molar-refractivity contribution is 0.0422. The normalized spacial score (nSPS) is 20.1. The van der Waals surface area contributed by atoms with E-state index in [1.54, 1.807) is 0 Å². The molecule has 0 atom stereocenters. The summed E-state index contributed by atoms with van der Waals surface area (Å²) in [4.78, 5) is 14.3. The number of piperazine rings is 1. The summed E-state index contributed by atoms with van der Waals surface area (Å²) >= 11 is 0. The van der Waals surface area contributed by atoms with Gasteiger partial charge in [0.2, 0.25) is 0 Å². The quantitative estimate of drug-likeness (QED) is 0.877. The van der Waals surface area contributed by atoms with Crippen LogP contribution in [0.3, 0.4) is 0 Å². The lowest BCUT2D eigenvalue weighted by atomic mass is 10.0. The average Bonchev–Trinajstić information content (AvgIpc) is 3.18. The summed E-state index contributed by atoms with van der Waals surface area (Å²) in [6, 6.07) is 6.46. The zero-order chi connectivity index (χ0) is 18.8. The smallest absolute Gasteiger partial charge is 0.128 e. The number of nitrogens with one attached hydrogen (secondary N) is 1. The first-order valence-electron chi connectivity index (χ1n) is 10.3. The molecule has 2 saturated heterocycles. The van der Waals surface area contributed by atoms with Gasteiger partial charge in [-0.05, 0) is 30.2 Å². The lowest BCUT2D eigenvalue weighted by Gasteiger charge is -2.28. The zero-order valence-corrected chi connectivity index (χ0v) is 16.2. The van der Waals surface area contributed by atoms with E-state index in [0.717, 1.165) is 82.5 Å². The Morgan fingerprint density at radius 3 is 2.64 bits per heavy atom. The number of anilines is 1. The second kappa shape index (κ2) is 7.99. The highest BCUT2D eigenvalue weighted by Crippen LogP contribution is 2.33. The molecule has 1 N–H and O–H groups in total. The molecule has 0 unspecified atom stereocenters. The Bertz CT molecular complexity index is 852. The fraction of sp³-hybridized carbons (Fsp3) is 0.455. The maximum absolute atomic E-state index is 5.47. The van der Waals surface area contributed by atoms with Crippen molar-refractivity contribution in [1.29, 1.82) is 0 Å². The first-order chi connectivity index (χ1) is 13.9. The summed E-state index contributed by atoms with van der Waals surface area (Å²) in [5, 5.41) is 3.39. The van der Waals surface area contributed by atoms with Crippen molar-refractivity contribution in [3.8, 4) is 11.3 Å². The molecule has 146 valence electrons. The number of morpholine rings is 1. The third-order valence-corrected chi connectivity index (χ3v) is 5.84. The highest BCUT2D eigenvalue weighted by Gasteiger charge is 2.21. The maximum atomic E-state index is 5.47. The van der Waals surface area contributed by atoms with Crippen LogP contribution in [0.1, 0.15) is 11.1 Å². The summed E-state index contributed by atoms with van der Waals surface area (Å²) < 4.78 is 5.47. The van der Waals surface area contributed by atoms with E-state index in [0.29, 0.717) is 0 Å². The molecule has 3 aliphatic rings. The van der Waals surface area contributed by atoms with Gasteiger partial charge in [0, 0.05) is 69.3 Å². The van der Waals surface area contributed by atoms with Crippen LogP contribution in [0, 0.1) is 0 Å². The Morgan fingerprint density at radius 1 is 1.00 bits per heavy atom. The van der Waals surface area contributed by atoms with Crippen LogP contribution in [0.2, 0.25) is 0 Å². The predicted molar refractivity (Wildman–Crippen MR) is 111 cm³/mol. The molecule has 2 fully saturated rings. The lowest BCUT2D eigenvalue weighted by Crippen LogP contribution is -2.43. The molecule has 6 nitrogen and oxygen atoms in total. The monoisotopic (exact) mass is 377 g/mol. The Morgan fingerprint density at radius 2 is 1.86 bits per heavy atom. The summed E-state index contributed by atoms with van der Waals surface area (Å²) in [5.74, 6) is 1.06. The van der Waals surface area contributed by atoms with E-state index in [9.17, 15) is 0 Å². The third kappa shape index (κ3) is 3.68. The van der Waals surface area contributed by atoms with Gasteiger partial charge in [0.15, 0.2) is 0 Å². The number of hydrogen-bond donors (Lipinski definition) is 1. The second-order valence-corrected chi connectivity index (χ2v) is 7.74. The molecule has 0 aromatic carbocycles. The van der Waals surface area contributed by atoms with Gasteiger partial charge in [0.25, 0.3) is 0 Å². The van der Waals surface area contributed by atoms with Crippen LogP contribution in [0.15, 0.2) is 36.2 Å². The van der Waals surface area contributed by atoms with E-state index in [4.69, 9.17) is 14.7 Å². The zero-order valence-electron chi connectivity index (χ0n) is 16.2. The van der Waals surface area contributed by atoms with Crippen molar-refractivity contribution in [3.05, 3.63) is 47.3 Å². The van der Waals surface area contributed by atoms with Crippen LogP contribution in [-0.4, -0.2) is 73.9 Å². The first kappa shape index (κ1) is 17.8. The highest BCUT2D eigenvalue weighted by atomic mass is 16.5. The number of rotatable bonds is 4. The molecule has 28 heavy (non-hydrogen) atoms. The molecule has 0 radical (unpaired) electrons. The van der Waals surface area contributed by atoms with Crippen molar-refractivity contribution >= 4 is 11.9 Å². The molecule has 0 saturated carbocycles. The van der Waals surface area contributed by atoms with E-state index in [2.05, 4.69) is 39.4 Å². The first-order valence-corrected chi connectivity index (χ1v) is 10.3. The highest BCUT2D eigenvalue weighted by molar-refractivity contribution is 5.78. The van der Waals surface area contributed by atoms with Crippen molar-refractivity contribution in [2.24, 2.45) is 0 Å². The van der Waals surface area contributed by atoms with E-state index >= 15 is 0 Å². The number of hydrogen-bond acceptors (Lipinski definition) is 6. The van der Waals surface area contributed by atoms with E-state index < -0.39 is 0 Å². The van der Waals surface area contributed by atoms with E-state index in [1.165, 1.54) is 16.7 Å². The van der Waals surface area contributed by atoms with Gasteiger partial charge < -0.3 is 15.0 Å². The number of pyridine rings is 2. The maximum Gasteiger partial charge on any atom is 0.128 e. The van der Waals surface area contributed by atoms with Crippen molar-refractivity contribution in [2.75, 3.05) is 63.9 Å². The van der Waals surface area contributed by atoms with Crippen LogP contribution in [-0.2, 0) is 11.2 Å². The van der Waals surface area contributed by atoms with Gasteiger partial charge in [-0.15, -0.1) is 0 Å². The van der Waals surface area contributed by atoms with Gasteiger partial charge in [-0.1, -0.05) is 11.6 Å². The predicted octanol–water partition coefficient (Wildman–Crippen LogP) is 1.82. The van der Waals surface area contributed by atoms with Gasteiger partial charge >= 0.3 is 0 Å². The fourth-order valence-electron chi connectivity index (χ4n) is 4.31. The molecule has 2 aromatic rings. The Hall–Kier alpha value is -2.28. The largest absolute Gasteiger partial charge is 0.379 e. The van der Waals surface area contributed by atoms with Crippen molar-refractivity contribution in [2.45, 2.75) is 6.42 Å². The average molecular weight is 377 g/mol. The van der Waals surface area contributed by atoms with Crippen LogP contribution < -0.4 is 10.2 Å². The van der Waals surface area contributed by atoms with Crippen molar-refractivity contribution < 1.29 is 4.74 Å². The molecule has 2 aromatic heterocycles. The van der Waals surface area contributed by atoms with Gasteiger partial charge in [-0.3, -0.25) is 9.88 Å². The van der Waals surface area contributed by atoms with Gasteiger partial charge in [-0.25, -0.2) is 4.98 Å². The molecule has 0 bridgehead atoms. The molecule has 0 amide bonds. The summed E-state index contributed by atoms with van der Waals surface area (Å²) in [6.07, 6.45) is 7.28. The number of nitrogens with zero attached hydrogens (tertiary/aromatic N) is 4. The van der Waals surface area contributed by atoms with Crippen molar-refractivity contribution in [3.63, 3.8) is 0 Å². The minimum atomic E-state index is 0.845. The van der Waals surface area contributed by atoms with Gasteiger partial charge in [0.05, 0.1) is 18.9 Å². The topological polar surface area (TPSA) is 53.5 Å². The molecule has 0 spiro atoms. The van der Waals surface area contributed by atoms with Crippen LogP contribution in [0.4, 0.5) is 5.82 Å². The molecule has 6 heteroatoms. The van der Waals surface area contributed by atoms with E-state index in [1.807, 2.05) is 12.4 Å². The van der Waals surface area contributed by atoms with Crippen LogP contribution in [0.5, 0.6) is 0 Å². The summed E-state index contributed by atoms with van der Waals surface area (Å²) in [7, 11) is 0. The Kier molecular flexibility index (Phi) is 5.08. The number of aromatic nitrogens is 2. The number of fused-ring (bicyclic) bond motifs is 1. The van der Waals surface area contributed by atoms with E-state index in [-0.39, 0.29) is 0 Å². The molecular formula is C22H27N5O. The van der Waals surface area contributed by atoms with Crippen LogP contribution in [0.25, 0.3) is 17.3 Å². The number of ether oxygens (including phenoxy) is 1. The second-order valence-electron chi connectivity index (χ2n) is 7.74.